The average Bonchev–Trinajstić information content (AvgIpc) is 2.63. The van der Waals surface area contributed by atoms with Crippen LogP contribution in [0.1, 0.15) is 12.0 Å². The van der Waals surface area contributed by atoms with Gasteiger partial charge in [-0.3, -0.25) is 14.9 Å². The van der Waals surface area contributed by atoms with E-state index < -0.39 is 15.2 Å². The number of nitrogens with two attached hydrogens (primary N) is 1. The number of rotatable bonds is 3. The molecule has 7 heteroatoms. The molecule has 2 aromatic carbocycles. The minimum absolute atomic E-state index is 0.0728. The van der Waals surface area contributed by atoms with Crippen LogP contribution in [0.2, 0.25) is 0 Å². The van der Waals surface area contributed by atoms with Gasteiger partial charge in [0.25, 0.3) is 5.70 Å². The number of nitrogens with zero attached hydrogens (tertiary/aromatic N) is 1. The molecule has 3 N–H and O–H groups in total. The largest absolute Gasteiger partial charge is 0.480 e. The van der Waals surface area contributed by atoms with Crippen molar-refractivity contribution in [3.63, 3.8) is 0 Å². The first-order chi connectivity index (χ1) is 12.7. The molecule has 3 rings (SSSR count). The molecule has 0 saturated heterocycles. The van der Waals surface area contributed by atoms with Gasteiger partial charge >= 0.3 is 5.97 Å². The van der Waals surface area contributed by atoms with Crippen molar-refractivity contribution in [1.29, 1.82) is 0 Å². The van der Waals surface area contributed by atoms with Gasteiger partial charge in [-0.05, 0) is 42.3 Å². The van der Waals surface area contributed by atoms with Crippen LogP contribution in [0.25, 0.3) is 11.1 Å². The third-order valence-corrected chi connectivity index (χ3v) is 4.88. The standard InChI is InChI=1S/C13H13N.C7H6BrNO4/c1-10-3-2-4-12(9-10)11-5-7-13(14)8-6-11;8-7(6(10)11)3-1-5(2-4-7)9(12)13/h2-9H,14H2,1H3;1-3H,4H2,(H,10,11). The van der Waals surface area contributed by atoms with E-state index in [0.717, 1.165) is 5.69 Å². The van der Waals surface area contributed by atoms with Crippen molar-refractivity contribution >= 4 is 27.6 Å². The zero-order valence-electron chi connectivity index (χ0n) is 14.6. The lowest BCUT2D eigenvalue weighted by Crippen LogP contribution is -2.30. The van der Waals surface area contributed by atoms with Gasteiger partial charge in [-0.15, -0.1) is 0 Å². The zero-order valence-corrected chi connectivity index (χ0v) is 16.2. The van der Waals surface area contributed by atoms with Gasteiger partial charge < -0.3 is 10.8 Å². The fraction of sp³-hybridized carbons (Fsp3) is 0.150. The molecule has 1 atom stereocenters. The predicted molar refractivity (Wildman–Crippen MR) is 109 cm³/mol. The van der Waals surface area contributed by atoms with Crippen molar-refractivity contribution in [3.8, 4) is 11.1 Å². The van der Waals surface area contributed by atoms with E-state index >= 15 is 0 Å². The molecule has 0 radical (unpaired) electrons. The molecule has 1 aliphatic rings. The number of halogens is 1. The lowest BCUT2D eigenvalue weighted by atomic mass is 10.00. The van der Waals surface area contributed by atoms with Gasteiger partial charge in [-0.25, -0.2) is 0 Å². The Kier molecular flexibility index (Phi) is 6.52. The molecule has 140 valence electrons. The number of carboxylic acids is 1. The molecule has 0 aromatic heterocycles. The van der Waals surface area contributed by atoms with Crippen molar-refractivity contribution < 1.29 is 14.8 Å². The Balaban J connectivity index is 0.000000194. The van der Waals surface area contributed by atoms with Crippen LogP contribution >= 0.6 is 15.9 Å². The van der Waals surface area contributed by atoms with Gasteiger partial charge in [0.15, 0.2) is 0 Å². The number of carboxylic acid groups (broad SMARTS) is 1. The van der Waals surface area contributed by atoms with Crippen LogP contribution in [0.4, 0.5) is 5.69 Å². The fourth-order valence-corrected chi connectivity index (χ4v) is 2.69. The summed E-state index contributed by atoms with van der Waals surface area (Å²) in [5.74, 6) is -1.05. The lowest BCUT2D eigenvalue weighted by molar-refractivity contribution is -0.419. The summed E-state index contributed by atoms with van der Waals surface area (Å²) in [4.78, 5) is 20.4. The SMILES string of the molecule is Cc1cccc(-c2ccc(N)cc2)c1.O=C(O)C1(Br)C=CC([N+](=O)[O-])=CC1. The Hall–Kier alpha value is -2.93. The number of alkyl halides is 1. The lowest BCUT2D eigenvalue weighted by Gasteiger charge is -2.18. The minimum atomic E-state index is -1.19. The Morgan fingerprint density at radius 3 is 2.37 bits per heavy atom. The normalized spacial score (nSPS) is 18.1. The Morgan fingerprint density at radius 2 is 1.89 bits per heavy atom. The maximum Gasteiger partial charge on any atom is 0.324 e. The summed E-state index contributed by atoms with van der Waals surface area (Å²) in [6, 6.07) is 16.4. The van der Waals surface area contributed by atoms with Gasteiger partial charge in [0, 0.05) is 18.2 Å². The molecule has 1 aliphatic carbocycles. The maximum absolute atomic E-state index is 10.7. The van der Waals surface area contributed by atoms with Crippen LogP contribution < -0.4 is 5.73 Å². The number of aliphatic carboxylic acids is 1. The smallest absolute Gasteiger partial charge is 0.324 e. The maximum atomic E-state index is 10.7. The van der Waals surface area contributed by atoms with E-state index in [4.69, 9.17) is 10.8 Å². The summed E-state index contributed by atoms with van der Waals surface area (Å²) in [5, 5.41) is 19.0. The molecular weight excluding hydrogens is 412 g/mol. The first-order valence-electron chi connectivity index (χ1n) is 8.10. The van der Waals surface area contributed by atoms with Crippen LogP contribution in [-0.4, -0.2) is 20.3 Å². The Labute approximate surface area is 165 Å². The summed E-state index contributed by atoms with van der Waals surface area (Å²) in [7, 11) is 0. The quantitative estimate of drug-likeness (QED) is 0.321. The Bertz CT molecular complexity index is 906. The fourth-order valence-electron chi connectivity index (χ4n) is 2.40. The molecule has 0 saturated carbocycles. The number of allylic oxidation sites excluding steroid dienone is 2. The second-order valence-corrected chi connectivity index (χ2v) is 7.50. The number of nitrogen functional groups attached to an aromatic ring is 1. The van der Waals surface area contributed by atoms with Crippen LogP contribution in [0, 0.1) is 17.0 Å². The molecule has 0 fully saturated rings. The number of nitro groups is 1. The second-order valence-electron chi connectivity index (χ2n) is 6.08. The van der Waals surface area contributed by atoms with E-state index in [-0.39, 0.29) is 12.1 Å². The minimum Gasteiger partial charge on any atom is -0.480 e. The molecule has 6 nitrogen and oxygen atoms in total. The van der Waals surface area contributed by atoms with E-state index in [1.807, 2.05) is 24.3 Å². The van der Waals surface area contributed by atoms with E-state index in [1.54, 1.807) is 0 Å². The Morgan fingerprint density at radius 1 is 1.22 bits per heavy atom. The van der Waals surface area contributed by atoms with Crippen LogP contribution in [0.3, 0.4) is 0 Å². The predicted octanol–water partition coefficient (Wildman–Crippen LogP) is 4.57. The van der Waals surface area contributed by atoms with Crippen molar-refractivity contribution in [3.05, 3.63) is 88.1 Å². The summed E-state index contributed by atoms with van der Waals surface area (Å²) < 4.78 is -1.19. The summed E-state index contributed by atoms with van der Waals surface area (Å²) in [5.41, 5.74) is 10.1. The highest BCUT2D eigenvalue weighted by atomic mass is 79.9. The molecule has 2 aromatic rings. The average molecular weight is 431 g/mol. The molecule has 27 heavy (non-hydrogen) atoms. The molecule has 0 aliphatic heterocycles. The first kappa shape index (κ1) is 20.4. The highest BCUT2D eigenvalue weighted by Gasteiger charge is 2.35. The number of carbonyl (C=O) groups is 1. The van der Waals surface area contributed by atoms with Crippen molar-refractivity contribution in [1.82, 2.24) is 0 Å². The monoisotopic (exact) mass is 430 g/mol. The highest BCUT2D eigenvalue weighted by molar-refractivity contribution is 9.10. The zero-order chi connectivity index (χ0) is 20.0. The molecule has 1 unspecified atom stereocenters. The van der Waals surface area contributed by atoms with Gasteiger partial charge in [0.2, 0.25) is 0 Å². The van der Waals surface area contributed by atoms with Crippen molar-refractivity contribution in [2.24, 2.45) is 0 Å². The molecule has 0 bridgehead atoms. The first-order valence-corrected chi connectivity index (χ1v) is 8.89. The number of benzene rings is 2. The summed E-state index contributed by atoms with van der Waals surface area (Å²) >= 11 is 2.98. The van der Waals surface area contributed by atoms with Crippen LogP contribution in [0.5, 0.6) is 0 Å². The third kappa shape index (κ3) is 5.52. The van der Waals surface area contributed by atoms with Crippen LogP contribution in [-0.2, 0) is 4.79 Å². The van der Waals surface area contributed by atoms with E-state index in [0.29, 0.717) is 0 Å². The van der Waals surface area contributed by atoms with E-state index in [1.165, 1.54) is 34.9 Å². The molecule has 0 heterocycles. The van der Waals surface area contributed by atoms with Gasteiger partial charge in [-0.2, -0.15) is 0 Å². The molecule has 0 spiro atoms. The van der Waals surface area contributed by atoms with Gasteiger partial charge in [0.1, 0.15) is 4.32 Å². The van der Waals surface area contributed by atoms with E-state index in [9.17, 15) is 14.9 Å². The third-order valence-electron chi connectivity index (χ3n) is 3.95. The number of hydrogen-bond donors (Lipinski definition) is 2. The number of aryl methyl sites for hydroxylation is 1. The van der Waals surface area contributed by atoms with Crippen LogP contribution in [0.15, 0.2) is 72.5 Å². The van der Waals surface area contributed by atoms with Gasteiger partial charge in [0.05, 0.1) is 4.92 Å². The topological polar surface area (TPSA) is 106 Å². The van der Waals surface area contributed by atoms with E-state index in [2.05, 4.69) is 47.1 Å². The van der Waals surface area contributed by atoms with Crippen molar-refractivity contribution in [2.45, 2.75) is 17.7 Å². The van der Waals surface area contributed by atoms with Gasteiger partial charge in [-0.1, -0.05) is 57.9 Å². The summed E-state index contributed by atoms with van der Waals surface area (Å²) in [6.45, 7) is 2.10. The van der Waals surface area contributed by atoms with Crippen molar-refractivity contribution in [2.75, 3.05) is 5.73 Å². The number of hydrogen-bond acceptors (Lipinski definition) is 4. The molecule has 0 amide bonds. The number of anilines is 1. The molecular formula is C20H19BrN2O4. The highest BCUT2D eigenvalue weighted by Crippen LogP contribution is 2.30. The summed E-state index contributed by atoms with van der Waals surface area (Å²) in [6.07, 6.45) is 3.82. The second kappa shape index (κ2) is 8.64.